The minimum Gasteiger partial charge on any atom is -0.479 e. The fourth-order valence-electron chi connectivity index (χ4n) is 15.4. The van der Waals surface area contributed by atoms with Crippen molar-refractivity contribution in [2.45, 2.75) is 141 Å². The fourth-order valence-corrected chi connectivity index (χ4v) is 16.2. The zero-order chi connectivity index (χ0) is 63.3. The molecule has 2 aromatic carbocycles. The maximum atomic E-state index is 13.6. The molecule has 6 aromatic rings. The molecular weight excluding hydrogens is 1180 g/mol. The Morgan fingerprint density at radius 1 is 0.856 bits per heavy atom. The van der Waals surface area contributed by atoms with Gasteiger partial charge < -0.3 is 59.5 Å². The van der Waals surface area contributed by atoms with E-state index in [2.05, 4.69) is 39.8 Å². The number of carboxylic acids is 2. The third-order valence-electron chi connectivity index (χ3n) is 18.2. The first-order valence-corrected chi connectivity index (χ1v) is 31.0. The zero-order valence-corrected chi connectivity index (χ0v) is 50.8. The molecule has 4 aromatic heterocycles. The highest BCUT2D eigenvalue weighted by Gasteiger charge is 2.66. The van der Waals surface area contributed by atoms with Crippen LogP contribution in [-0.4, -0.2) is 159 Å². The molecule has 3 aliphatic heterocycles. The minimum atomic E-state index is -1.59. The van der Waals surface area contributed by atoms with Crippen molar-refractivity contribution in [3.8, 4) is 16.9 Å². The minimum absolute atomic E-state index is 0.0281. The Kier molecular flexibility index (Phi) is 16.9. The number of hydrogen-bond donors (Lipinski definition) is 7. The Balaban J connectivity index is 0.664. The van der Waals surface area contributed by atoms with Crippen LogP contribution in [0.2, 0.25) is 0 Å². The number of para-hydroxylation sites is 1. The molecule has 27 heteroatoms. The van der Waals surface area contributed by atoms with Gasteiger partial charge in [-0.15, -0.1) is 0 Å². The van der Waals surface area contributed by atoms with Crippen LogP contribution in [-0.2, 0) is 66.1 Å². The van der Waals surface area contributed by atoms with Crippen LogP contribution in [0.4, 0.5) is 15.7 Å². The van der Waals surface area contributed by atoms with Crippen LogP contribution in [0.5, 0.6) is 5.75 Å². The highest BCUT2D eigenvalue weighted by Crippen LogP contribution is 2.72. The largest absolute Gasteiger partial charge is 0.479 e. The van der Waals surface area contributed by atoms with Gasteiger partial charge in [-0.05, 0) is 117 Å². The number of aromatic nitrogens is 6. The van der Waals surface area contributed by atoms with Gasteiger partial charge in [0.2, 0.25) is 12.2 Å². The number of aliphatic carboxylic acids is 1. The number of benzene rings is 2. The predicted molar refractivity (Wildman–Crippen MR) is 323 cm³/mol. The lowest BCUT2D eigenvalue weighted by molar-refractivity contribution is -0.247. The van der Waals surface area contributed by atoms with Crippen molar-refractivity contribution in [3.63, 3.8) is 0 Å². The number of ether oxygens (including phenoxy) is 4. The number of carbonyl (C=O) groups excluding carboxylic acids is 5. The number of aliphatic hydroxyl groups excluding tert-OH is 2. The summed E-state index contributed by atoms with van der Waals surface area (Å²) in [6, 6.07) is 16.3. The van der Waals surface area contributed by atoms with Crippen LogP contribution in [0.15, 0.2) is 79.3 Å². The Hall–Kier alpha value is -8.63. The number of aromatic carboxylic acids is 1. The molecule has 7 heterocycles. The summed E-state index contributed by atoms with van der Waals surface area (Å²) < 4.78 is 29.0. The van der Waals surface area contributed by atoms with Crippen molar-refractivity contribution in [2.75, 3.05) is 43.0 Å². The van der Waals surface area contributed by atoms with E-state index in [-0.39, 0.29) is 85.1 Å². The van der Waals surface area contributed by atoms with Gasteiger partial charge >= 0.3 is 18.0 Å². The van der Waals surface area contributed by atoms with Gasteiger partial charge in [-0.1, -0.05) is 49.4 Å². The number of unbranched alkanes of at least 4 members (excludes halogenated alkanes) is 1. The summed E-state index contributed by atoms with van der Waals surface area (Å²) >= 11 is 1.38. The number of aryl methyl sites for hydroxylation is 1. The normalized spacial score (nSPS) is 25.8. The number of imide groups is 1. The number of anilines is 2. The molecule has 0 spiro atoms. The van der Waals surface area contributed by atoms with E-state index in [0.717, 1.165) is 77.1 Å². The molecule has 90 heavy (non-hydrogen) atoms. The summed E-state index contributed by atoms with van der Waals surface area (Å²) in [5.41, 5.74) is 3.91. The van der Waals surface area contributed by atoms with Crippen LogP contribution in [0.25, 0.3) is 21.3 Å². The second kappa shape index (κ2) is 24.6. The number of nitrogens with zero attached hydrogens (tertiary/aromatic N) is 8. The molecule has 6 atom stereocenters. The van der Waals surface area contributed by atoms with E-state index in [0.29, 0.717) is 72.2 Å². The molecule has 1 saturated heterocycles. The SMILES string of the molecule is Cc1c(-c2ccc(N3CCn4cnc(C(=O)Nc5nc6ccccc6s5)c4C3)nc2C(=O)O)cnn1CC12CC3(C)CC(C)(C1)CC(OCCNC(=O)OCc1ccc(CCCCNC(=O)CN4C(=O)C=CC4=O)cc1O[C@@H]1O[C@H](C(=O)O)C[C@H](O)[C@H]1O)(C3)C2. The number of fused-ring (bicyclic) bond motifs is 2. The lowest BCUT2D eigenvalue weighted by Crippen LogP contribution is -2.64. The summed E-state index contributed by atoms with van der Waals surface area (Å²) in [6.45, 7) is 8.46. The summed E-state index contributed by atoms with van der Waals surface area (Å²) in [5, 5.41) is 55.4. The molecule has 7 N–H and O–H groups in total. The van der Waals surface area contributed by atoms with Crippen molar-refractivity contribution in [3.05, 3.63) is 113 Å². The first kappa shape index (κ1) is 61.6. The summed E-state index contributed by atoms with van der Waals surface area (Å²) in [7, 11) is 0. The third-order valence-corrected chi connectivity index (χ3v) is 19.1. The summed E-state index contributed by atoms with van der Waals surface area (Å²) in [4.78, 5) is 104. The van der Waals surface area contributed by atoms with E-state index in [4.69, 9.17) is 29.0 Å². The Bertz CT molecular complexity index is 3790. The second-order valence-electron chi connectivity index (χ2n) is 25.6. The highest BCUT2D eigenvalue weighted by molar-refractivity contribution is 7.22. The number of rotatable bonds is 23. The van der Waals surface area contributed by atoms with Crippen LogP contribution in [0.3, 0.4) is 0 Å². The first-order valence-electron chi connectivity index (χ1n) is 30.2. The average Bonchev–Trinajstić information content (AvgIpc) is 0.822. The highest BCUT2D eigenvalue weighted by atomic mass is 32.1. The maximum Gasteiger partial charge on any atom is 0.407 e. The molecule has 5 fully saturated rings. The van der Waals surface area contributed by atoms with Gasteiger partial charge in [0.05, 0.1) is 53.3 Å². The summed E-state index contributed by atoms with van der Waals surface area (Å²) in [5.74, 6) is -3.92. The van der Waals surface area contributed by atoms with Gasteiger partial charge in [0.15, 0.2) is 22.6 Å². The smallest absolute Gasteiger partial charge is 0.407 e. The monoisotopic (exact) mass is 1250 g/mol. The molecule has 7 aliphatic rings. The van der Waals surface area contributed by atoms with E-state index in [1.807, 2.05) is 51.4 Å². The Morgan fingerprint density at radius 3 is 2.39 bits per heavy atom. The Morgan fingerprint density at radius 2 is 1.63 bits per heavy atom. The van der Waals surface area contributed by atoms with Gasteiger partial charge in [-0.25, -0.2) is 29.3 Å². The van der Waals surface area contributed by atoms with E-state index in [9.17, 15) is 54.0 Å². The average molecular weight is 1250 g/mol. The quantitative estimate of drug-likeness (QED) is 0.0296. The Labute approximate surface area is 520 Å². The topological polar surface area (TPSA) is 341 Å². The van der Waals surface area contributed by atoms with E-state index in [1.54, 1.807) is 36.8 Å². The number of pyridine rings is 1. The zero-order valence-electron chi connectivity index (χ0n) is 50.0. The standard InChI is InChI=1S/C63H71N11O15S/c1-36-40(39-13-14-47(69-51(39)56(83)84)71-19-20-72-35-66-52(42(72)25-71)54(80)70-58-68-41-9-4-5-10-46(41)90-58)24-67-74(36)34-62-29-60(2)28-61(3,30-62)32-63(31-60,33-62)87-21-18-65-59(85)86-27-38-12-11-37(8-6-7-17-64-48(76)26-73-49(77)15-16-50(73)78)22-44(38)88-57-53(79)43(75)23-45(89-57)55(81)82/h4-5,9-16,22,24,35,43,45,53,57,75,79H,6-8,17-21,23,25-34H2,1-3H3,(H,64,76)(H,65,85)(H,81,82)(H,83,84)(H,68,70,80)/t43-,45-,53+,57+,60?,61?,62?,63?/m0/s1. The molecule has 26 nitrogen and oxygen atoms in total. The van der Waals surface area contributed by atoms with Crippen molar-refractivity contribution < 1.29 is 72.9 Å². The number of aliphatic hydroxyl groups is 2. The molecular formula is C63H71N11O15S. The van der Waals surface area contributed by atoms with Crippen LogP contribution < -0.4 is 25.6 Å². The second-order valence-corrected chi connectivity index (χ2v) is 26.6. The number of carboxylic acid groups (broad SMARTS) is 2. The molecule has 2 unspecified atom stereocenters. The van der Waals surface area contributed by atoms with Crippen molar-refractivity contribution >= 4 is 74.2 Å². The van der Waals surface area contributed by atoms with Crippen molar-refractivity contribution in [2.24, 2.45) is 16.2 Å². The van der Waals surface area contributed by atoms with Gasteiger partial charge in [0.1, 0.15) is 30.8 Å². The molecule has 474 valence electrons. The van der Waals surface area contributed by atoms with Crippen LogP contribution in [0.1, 0.15) is 115 Å². The third kappa shape index (κ3) is 12.9. The molecule has 4 saturated carbocycles. The molecule has 5 amide bonds. The summed E-state index contributed by atoms with van der Waals surface area (Å²) in [6.07, 6.45) is 5.45. The number of carbonyl (C=O) groups is 7. The fraction of sp³-hybridized carbons (Fsp3) is 0.476. The van der Waals surface area contributed by atoms with E-state index >= 15 is 0 Å². The molecule has 13 rings (SSSR count). The lowest BCUT2D eigenvalue weighted by atomic mass is 9.39. The number of imidazole rings is 1. The van der Waals surface area contributed by atoms with Gasteiger partial charge in [0.25, 0.3) is 17.7 Å². The molecule has 4 bridgehead atoms. The van der Waals surface area contributed by atoms with Crippen LogP contribution >= 0.6 is 11.3 Å². The van der Waals surface area contributed by atoms with Gasteiger partial charge in [-0.2, -0.15) is 5.10 Å². The number of hydrogen-bond acceptors (Lipinski definition) is 19. The van der Waals surface area contributed by atoms with E-state index < -0.39 is 66.0 Å². The van der Waals surface area contributed by atoms with E-state index in [1.165, 1.54) is 11.3 Å². The predicted octanol–water partition coefficient (Wildman–Crippen LogP) is 5.76. The number of alkyl carbamates (subject to hydrolysis) is 1. The van der Waals surface area contributed by atoms with Gasteiger partial charge in [0, 0.05) is 73.7 Å². The van der Waals surface area contributed by atoms with Crippen molar-refractivity contribution in [1.82, 2.24) is 44.8 Å². The van der Waals surface area contributed by atoms with Crippen molar-refractivity contribution in [1.29, 1.82) is 0 Å². The van der Waals surface area contributed by atoms with Gasteiger partial charge in [-0.3, -0.25) is 34.1 Å². The number of thiazole rings is 1. The first-order chi connectivity index (χ1) is 43.0. The molecule has 0 radical (unpaired) electrons. The maximum absolute atomic E-state index is 13.6. The van der Waals surface area contributed by atoms with Crippen LogP contribution in [0, 0.1) is 23.2 Å². The number of nitrogens with one attached hydrogen (secondary N) is 3. The molecule has 4 aliphatic carbocycles. The lowest BCUT2D eigenvalue weighted by Gasteiger charge is -2.69. The number of amides is 5.